The first-order chi connectivity index (χ1) is 15.7. The predicted octanol–water partition coefficient (Wildman–Crippen LogP) is 2.40. The first kappa shape index (κ1) is 23.6. The number of hydrogen-bond donors (Lipinski definition) is 2. The lowest BCUT2D eigenvalue weighted by Gasteiger charge is -2.14. The molecule has 0 aliphatic heterocycles. The van der Waals surface area contributed by atoms with Crippen LogP contribution in [0.15, 0.2) is 40.0 Å². The van der Waals surface area contributed by atoms with Crippen LogP contribution in [0.5, 0.6) is 0 Å². The van der Waals surface area contributed by atoms with Gasteiger partial charge in [0.15, 0.2) is 0 Å². The number of hydrogen-bond acceptors (Lipinski definition) is 9. The fourth-order valence-electron chi connectivity index (χ4n) is 3.01. The number of carbonyl (C=O) groups is 1. The van der Waals surface area contributed by atoms with Crippen LogP contribution >= 0.6 is 11.8 Å². The second-order valence-electron chi connectivity index (χ2n) is 7.60. The summed E-state index contributed by atoms with van der Waals surface area (Å²) in [5, 5.41) is 27.8. The number of pyridine rings is 1. The molecule has 168 valence electrons. The third-order valence-corrected chi connectivity index (χ3v) is 5.72. The van der Waals surface area contributed by atoms with Gasteiger partial charge in [0.05, 0.1) is 30.2 Å². The van der Waals surface area contributed by atoms with Crippen molar-refractivity contribution in [2.24, 2.45) is 0 Å². The fourth-order valence-corrected chi connectivity index (χ4v) is 3.81. The molecule has 0 aliphatic rings. The normalized spacial score (nSPS) is 10.5. The minimum absolute atomic E-state index is 0.00426. The highest BCUT2D eigenvalue weighted by atomic mass is 32.2. The van der Waals surface area contributed by atoms with Crippen molar-refractivity contribution in [1.82, 2.24) is 10.3 Å². The highest BCUT2D eigenvalue weighted by Crippen LogP contribution is 2.36. The molecule has 2 heterocycles. The summed E-state index contributed by atoms with van der Waals surface area (Å²) >= 11 is 1.05. The molecule has 3 N–H and O–H groups in total. The summed E-state index contributed by atoms with van der Waals surface area (Å²) < 4.78 is 5.05. The third kappa shape index (κ3) is 5.22. The van der Waals surface area contributed by atoms with E-state index in [-0.39, 0.29) is 39.5 Å². The van der Waals surface area contributed by atoms with E-state index < -0.39 is 0 Å². The van der Waals surface area contributed by atoms with Crippen LogP contribution in [-0.4, -0.2) is 36.0 Å². The van der Waals surface area contributed by atoms with Crippen LogP contribution in [-0.2, 0) is 4.79 Å². The maximum Gasteiger partial charge on any atom is 0.305 e. The number of rotatable bonds is 7. The number of amides is 1. The van der Waals surface area contributed by atoms with E-state index in [0.717, 1.165) is 17.3 Å². The molecule has 0 spiro atoms. The molecule has 33 heavy (non-hydrogen) atoms. The van der Waals surface area contributed by atoms with Crippen LogP contribution in [0.2, 0.25) is 0 Å². The number of nitrogens with one attached hydrogen (secondary N) is 1. The molecule has 1 amide bonds. The average Bonchev–Trinajstić information content (AvgIpc) is 3.26. The molecular formula is C22H23N8O2S+. The van der Waals surface area contributed by atoms with E-state index in [1.165, 1.54) is 11.0 Å². The predicted molar refractivity (Wildman–Crippen MR) is 124 cm³/mol. The number of aromatic nitrogens is 3. The molecule has 3 aromatic rings. The van der Waals surface area contributed by atoms with Crippen molar-refractivity contribution >= 4 is 29.4 Å². The first-order valence-electron chi connectivity index (χ1n) is 9.98. The Morgan fingerprint density at radius 3 is 2.45 bits per heavy atom. The van der Waals surface area contributed by atoms with Gasteiger partial charge in [-0.1, -0.05) is 49.9 Å². The zero-order valence-electron chi connectivity index (χ0n) is 18.7. The van der Waals surface area contributed by atoms with Gasteiger partial charge in [-0.2, -0.15) is 15.5 Å². The topological polar surface area (TPSA) is 149 Å². The van der Waals surface area contributed by atoms with E-state index in [1.807, 2.05) is 24.3 Å². The molecule has 0 saturated heterocycles. The maximum absolute atomic E-state index is 12.4. The summed E-state index contributed by atoms with van der Waals surface area (Å²) in [5.41, 5.74) is 8.60. The van der Waals surface area contributed by atoms with Crippen molar-refractivity contribution < 1.29 is 14.1 Å². The van der Waals surface area contributed by atoms with Gasteiger partial charge in [-0.3, -0.25) is 14.6 Å². The van der Waals surface area contributed by atoms with Crippen LogP contribution in [0, 0.1) is 22.7 Å². The van der Waals surface area contributed by atoms with E-state index in [2.05, 4.69) is 41.6 Å². The van der Waals surface area contributed by atoms with Crippen molar-refractivity contribution in [2.45, 2.75) is 24.8 Å². The Bertz CT molecular complexity index is 1250. The highest BCUT2D eigenvalue weighted by molar-refractivity contribution is 8.00. The quantitative estimate of drug-likeness (QED) is 0.398. The van der Waals surface area contributed by atoms with Gasteiger partial charge in [0.25, 0.3) is 6.20 Å². The number of benzene rings is 1. The Balaban J connectivity index is 1.88. The molecule has 2 aromatic heterocycles. The molecule has 11 heteroatoms. The van der Waals surface area contributed by atoms with Crippen LogP contribution < -0.4 is 20.9 Å². The zero-order chi connectivity index (χ0) is 24.1. The number of carbonyl (C=O) groups excluding carboxylic acids is 1. The minimum Gasteiger partial charge on any atom is -0.383 e. The number of nitriles is 2. The molecule has 0 atom stereocenters. The number of nitrogen functional groups attached to an aromatic ring is 1. The SMILES string of the molecule is CC(C)c1ccc(-c2c(C#N)c(N)nc(SCC(=O)Nc3c[n+](N(C)C)no3)c2C#N)cc1. The molecule has 1 aromatic carbocycles. The van der Waals surface area contributed by atoms with Crippen LogP contribution in [0.1, 0.15) is 36.5 Å². The van der Waals surface area contributed by atoms with Crippen LogP contribution in [0.25, 0.3) is 11.1 Å². The van der Waals surface area contributed by atoms with Crippen molar-refractivity contribution in [3.8, 4) is 23.3 Å². The molecule has 0 saturated carbocycles. The molecule has 10 nitrogen and oxygen atoms in total. The van der Waals surface area contributed by atoms with Gasteiger partial charge in [-0.05, 0) is 17.0 Å². The zero-order valence-corrected chi connectivity index (χ0v) is 19.5. The molecule has 0 fully saturated rings. The summed E-state index contributed by atoms with van der Waals surface area (Å²) in [6, 6.07) is 11.8. The van der Waals surface area contributed by atoms with Crippen LogP contribution in [0.4, 0.5) is 11.7 Å². The number of thioether (sulfide) groups is 1. The summed E-state index contributed by atoms with van der Waals surface area (Å²) in [6.45, 7) is 4.17. The Hall–Kier alpha value is -4.09. The average molecular weight is 464 g/mol. The monoisotopic (exact) mass is 463 g/mol. The molecule has 0 radical (unpaired) electrons. The summed E-state index contributed by atoms with van der Waals surface area (Å²) in [4.78, 5) is 18.0. The summed E-state index contributed by atoms with van der Waals surface area (Å²) in [7, 11) is 3.53. The van der Waals surface area contributed by atoms with E-state index in [1.54, 1.807) is 19.1 Å². The minimum atomic E-state index is -0.376. The fraction of sp³-hybridized carbons (Fsp3) is 0.273. The van der Waals surface area contributed by atoms with E-state index in [4.69, 9.17) is 10.3 Å². The Kier molecular flexibility index (Phi) is 7.16. The van der Waals surface area contributed by atoms with Gasteiger partial charge < -0.3 is 5.73 Å². The molecule has 3 rings (SSSR count). The summed E-state index contributed by atoms with van der Waals surface area (Å²) in [6.07, 6.45) is 1.51. The molecule has 0 bridgehead atoms. The number of nitrogens with zero attached hydrogens (tertiary/aromatic N) is 6. The van der Waals surface area contributed by atoms with E-state index >= 15 is 0 Å². The molecule has 0 unspecified atom stereocenters. The van der Waals surface area contributed by atoms with Gasteiger partial charge in [-0.15, -0.1) is 0 Å². The largest absolute Gasteiger partial charge is 0.383 e. The number of nitrogens with two attached hydrogens (primary N) is 1. The molecule has 0 aliphatic carbocycles. The smallest absolute Gasteiger partial charge is 0.305 e. The van der Waals surface area contributed by atoms with E-state index in [0.29, 0.717) is 17.0 Å². The second kappa shape index (κ2) is 10.0. The molecular weight excluding hydrogens is 440 g/mol. The van der Waals surface area contributed by atoms with Gasteiger partial charge in [-0.25, -0.2) is 4.98 Å². The standard InChI is InChI=1S/C22H22N8O2S/c1-13(2)14-5-7-15(8-6-14)20-16(9-23)21(25)27-22(17(20)10-24)33-12-18(31)26-19-11-30(28-32-19)29(3)4/h5-8,11,13H,12H2,1-4H3,(H2-,25,26,27,28,31)/p+1. The second-order valence-corrected chi connectivity index (χ2v) is 8.56. The third-order valence-electron chi connectivity index (χ3n) is 4.75. The summed E-state index contributed by atoms with van der Waals surface area (Å²) in [5.74, 6) is 0.0892. The lowest BCUT2D eigenvalue weighted by Crippen LogP contribution is -2.53. The lowest BCUT2D eigenvalue weighted by molar-refractivity contribution is -0.753. The van der Waals surface area contributed by atoms with Crippen molar-refractivity contribution in [1.29, 1.82) is 10.5 Å². The Morgan fingerprint density at radius 2 is 1.91 bits per heavy atom. The van der Waals surface area contributed by atoms with Crippen molar-refractivity contribution in [2.75, 3.05) is 35.9 Å². The number of anilines is 2. The first-order valence-corrected chi connectivity index (χ1v) is 11.0. The lowest BCUT2D eigenvalue weighted by atomic mass is 9.94. The van der Waals surface area contributed by atoms with Gasteiger partial charge in [0, 0.05) is 5.56 Å². The van der Waals surface area contributed by atoms with Crippen molar-refractivity contribution in [3.05, 3.63) is 47.2 Å². The Labute approximate surface area is 195 Å². The van der Waals surface area contributed by atoms with Crippen molar-refractivity contribution in [3.63, 3.8) is 0 Å². The Morgan fingerprint density at radius 1 is 1.24 bits per heavy atom. The van der Waals surface area contributed by atoms with E-state index in [9.17, 15) is 15.3 Å². The van der Waals surface area contributed by atoms with Gasteiger partial charge in [0.1, 0.15) is 28.5 Å². The maximum atomic E-state index is 12.4. The van der Waals surface area contributed by atoms with Crippen LogP contribution in [0.3, 0.4) is 0 Å². The van der Waals surface area contributed by atoms with Gasteiger partial charge >= 0.3 is 5.88 Å². The highest BCUT2D eigenvalue weighted by Gasteiger charge is 2.22. The van der Waals surface area contributed by atoms with Gasteiger partial charge in [0.2, 0.25) is 11.2 Å².